The first-order chi connectivity index (χ1) is 9.65. The Labute approximate surface area is 123 Å². The molecule has 100 valence electrons. The molecular formula is C14H10BrFN4. The van der Waals surface area contributed by atoms with Crippen LogP contribution in [0.3, 0.4) is 0 Å². The van der Waals surface area contributed by atoms with Crippen LogP contribution in [-0.4, -0.2) is 14.8 Å². The van der Waals surface area contributed by atoms with Gasteiger partial charge in [0.2, 0.25) is 0 Å². The molecule has 3 rings (SSSR count). The molecule has 3 aromatic rings. The van der Waals surface area contributed by atoms with Crippen molar-refractivity contribution in [2.24, 2.45) is 0 Å². The van der Waals surface area contributed by atoms with Crippen molar-refractivity contribution in [3.05, 3.63) is 59.2 Å². The van der Waals surface area contributed by atoms with Crippen molar-refractivity contribution in [3.63, 3.8) is 0 Å². The maximum atomic E-state index is 13.1. The van der Waals surface area contributed by atoms with Crippen molar-refractivity contribution in [1.29, 1.82) is 0 Å². The lowest BCUT2D eigenvalue weighted by atomic mass is 10.1. The van der Waals surface area contributed by atoms with Gasteiger partial charge in [-0.2, -0.15) is 5.10 Å². The van der Waals surface area contributed by atoms with Gasteiger partial charge in [0.15, 0.2) is 0 Å². The Kier molecular flexibility index (Phi) is 3.23. The molecule has 4 nitrogen and oxygen atoms in total. The summed E-state index contributed by atoms with van der Waals surface area (Å²) in [6.45, 7) is 0. The van der Waals surface area contributed by atoms with Gasteiger partial charge in [-0.05, 0) is 46.3 Å². The van der Waals surface area contributed by atoms with Crippen LogP contribution in [0.1, 0.15) is 0 Å². The molecule has 20 heavy (non-hydrogen) atoms. The lowest BCUT2D eigenvalue weighted by Gasteiger charge is -2.02. The van der Waals surface area contributed by atoms with E-state index in [0.717, 1.165) is 11.3 Å². The molecule has 2 heterocycles. The van der Waals surface area contributed by atoms with Gasteiger partial charge in [0.1, 0.15) is 11.5 Å². The van der Waals surface area contributed by atoms with Crippen molar-refractivity contribution in [3.8, 4) is 16.9 Å². The number of hydrogen-bond acceptors (Lipinski definition) is 3. The van der Waals surface area contributed by atoms with Gasteiger partial charge in [-0.25, -0.2) is 9.07 Å². The number of aromatic nitrogens is 3. The molecule has 2 aromatic heterocycles. The highest BCUT2D eigenvalue weighted by Crippen LogP contribution is 2.32. The lowest BCUT2D eigenvalue weighted by Crippen LogP contribution is -1.95. The number of benzene rings is 1. The quantitative estimate of drug-likeness (QED) is 0.782. The standard InChI is InChI=1S/C14H10BrFN4/c15-12-7-9(16)1-2-11(12)14-13(17)8-20(19-14)10-3-5-18-6-4-10/h1-8H,17H2. The summed E-state index contributed by atoms with van der Waals surface area (Å²) in [5.41, 5.74) is 8.74. The Morgan fingerprint density at radius 3 is 2.60 bits per heavy atom. The monoisotopic (exact) mass is 332 g/mol. The van der Waals surface area contributed by atoms with Crippen molar-refractivity contribution < 1.29 is 4.39 Å². The topological polar surface area (TPSA) is 56.7 Å². The molecule has 0 aliphatic carbocycles. The third-order valence-electron chi connectivity index (χ3n) is 2.86. The normalized spacial score (nSPS) is 10.7. The molecule has 0 aliphatic rings. The summed E-state index contributed by atoms with van der Waals surface area (Å²) < 4.78 is 15.4. The van der Waals surface area contributed by atoms with Gasteiger partial charge in [0.25, 0.3) is 0 Å². The highest BCUT2D eigenvalue weighted by atomic mass is 79.9. The zero-order valence-electron chi connectivity index (χ0n) is 10.3. The van der Waals surface area contributed by atoms with Gasteiger partial charge in [0, 0.05) is 22.4 Å². The summed E-state index contributed by atoms with van der Waals surface area (Å²) in [6.07, 6.45) is 5.09. The average Bonchev–Trinajstić information content (AvgIpc) is 2.82. The molecule has 0 saturated carbocycles. The Morgan fingerprint density at radius 2 is 1.90 bits per heavy atom. The Balaban J connectivity index is 2.10. The van der Waals surface area contributed by atoms with Crippen LogP contribution in [0.25, 0.3) is 16.9 Å². The molecule has 6 heteroatoms. The maximum absolute atomic E-state index is 13.1. The second-order valence-corrected chi connectivity index (χ2v) is 5.06. The van der Waals surface area contributed by atoms with Crippen LogP contribution in [-0.2, 0) is 0 Å². The van der Waals surface area contributed by atoms with E-state index in [4.69, 9.17) is 5.73 Å². The highest BCUT2D eigenvalue weighted by Gasteiger charge is 2.13. The molecule has 0 bridgehead atoms. The van der Waals surface area contributed by atoms with Gasteiger partial charge < -0.3 is 5.73 Å². The van der Waals surface area contributed by atoms with E-state index in [2.05, 4.69) is 26.0 Å². The predicted molar refractivity (Wildman–Crippen MR) is 78.9 cm³/mol. The number of halogens is 2. The van der Waals surface area contributed by atoms with E-state index in [9.17, 15) is 4.39 Å². The Morgan fingerprint density at radius 1 is 1.15 bits per heavy atom. The fourth-order valence-corrected chi connectivity index (χ4v) is 2.45. The van der Waals surface area contributed by atoms with Gasteiger partial charge in [-0.15, -0.1) is 0 Å². The minimum absolute atomic E-state index is 0.312. The summed E-state index contributed by atoms with van der Waals surface area (Å²) in [7, 11) is 0. The Hall–Kier alpha value is -2.21. The molecule has 0 unspecified atom stereocenters. The van der Waals surface area contributed by atoms with Gasteiger partial charge in [0.05, 0.1) is 17.6 Å². The SMILES string of the molecule is Nc1cn(-c2ccncc2)nc1-c1ccc(F)cc1Br. The number of nitrogens with two attached hydrogens (primary N) is 1. The van der Waals surface area contributed by atoms with Gasteiger partial charge in [-0.3, -0.25) is 4.98 Å². The van der Waals surface area contributed by atoms with E-state index < -0.39 is 0 Å². The lowest BCUT2D eigenvalue weighted by molar-refractivity contribution is 0.627. The molecule has 2 N–H and O–H groups in total. The molecule has 1 aromatic carbocycles. The largest absolute Gasteiger partial charge is 0.396 e. The number of nitrogens with zero attached hydrogens (tertiary/aromatic N) is 3. The predicted octanol–water partition coefficient (Wildman–Crippen LogP) is 3.42. The van der Waals surface area contributed by atoms with Crippen molar-refractivity contribution >= 4 is 21.6 Å². The Bertz CT molecular complexity index is 755. The number of nitrogen functional groups attached to an aromatic ring is 1. The molecule has 0 aliphatic heterocycles. The number of pyridine rings is 1. The summed E-state index contributed by atoms with van der Waals surface area (Å²) in [5, 5.41) is 4.45. The molecule has 0 spiro atoms. The summed E-state index contributed by atoms with van der Waals surface area (Å²) in [6, 6.07) is 8.08. The second-order valence-electron chi connectivity index (χ2n) is 4.21. The summed E-state index contributed by atoms with van der Waals surface area (Å²) in [4.78, 5) is 3.96. The van der Waals surface area contributed by atoms with Crippen LogP contribution < -0.4 is 5.73 Å². The van der Waals surface area contributed by atoms with Gasteiger partial charge >= 0.3 is 0 Å². The average molecular weight is 333 g/mol. The molecular weight excluding hydrogens is 323 g/mol. The zero-order valence-corrected chi connectivity index (χ0v) is 11.9. The molecule has 0 fully saturated rings. The van der Waals surface area contributed by atoms with Crippen LogP contribution in [0, 0.1) is 5.82 Å². The summed E-state index contributed by atoms with van der Waals surface area (Å²) >= 11 is 3.33. The van der Waals surface area contributed by atoms with E-state index in [1.54, 1.807) is 29.3 Å². The van der Waals surface area contributed by atoms with Crippen LogP contribution in [0.15, 0.2) is 53.4 Å². The van der Waals surface area contributed by atoms with E-state index in [-0.39, 0.29) is 5.82 Å². The number of rotatable bonds is 2. The molecule has 0 radical (unpaired) electrons. The second kappa shape index (κ2) is 5.05. The van der Waals surface area contributed by atoms with Crippen LogP contribution in [0.4, 0.5) is 10.1 Å². The molecule has 0 atom stereocenters. The van der Waals surface area contributed by atoms with E-state index >= 15 is 0 Å². The third kappa shape index (κ3) is 2.30. The van der Waals surface area contributed by atoms with Crippen LogP contribution in [0.2, 0.25) is 0 Å². The van der Waals surface area contributed by atoms with E-state index in [0.29, 0.717) is 15.9 Å². The highest BCUT2D eigenvalue weighted by molar-refractivity contribution is 9.10. The zero-order chi connectivity index (χ0) is 14.1. The smallest absolute Gasteiger partial charge is 0.124 e. The fourth-order valence-electron chi connectivity index (χ4n) is 1.91. The first-order valence-corrected chi connectivity index (χ1v) is 6.65. The minimum atomic E-state index is -0.312. The first kappa shape index (κ1) is 12.8. The van der Waals surface area contributed by atoms with Crippen molar-refractivity contribution in [2.45, 2.75) is 0 Å². The summed E-state index contributed by atoms with van der Waals surface area (Å²) in [5.74, 6) is -0.312. The fraction of sp³-hybridized carbons (Fsp3) is 0. The minimum Gasteiger partial charge on any atom is -0.396 e. The first-order valence-electron chi connectivity index (χ1n) is 5.86. The van der Waals surface area contributed by atoms with Crippen molar-refractivity contribution in [1.82, 2.24) is 14.8 Å². The third-order valence-corrected chi connectivity index (χ3v) is 3.51. The molecule has 0 amide bonds. The van der Waals surface area contributed by atoms with E-state index in [1.807, 2.05) is 12.1 Å². The maximum Gasteiger partial charge on any atom is 0.124 e. The van der Waals surface area contributed by atoms with Gasteiger partial charge in [-0.1, -0.05) is 0 Å². The van der Waals surface area contributed by atoms with Crippen LogP contribution >= 0.6 is 15.9 Å². The molecule has 0 saturated heterocycles. The number of hydrogen-bond donors (Lipinski definition) is 1. The van der Waals surface area contributed by atoms with Crippen LogP contribution in [0.5, 0.6) is 0 Å². The van der Waals surface area contributed by atoms with E-state index in [1.165, 1.54) is 12.1 Å². The van der Waals surface area contributed by atoms with Crippen molar-refractivity contribution in [2.75, 3.05) is 5.73 Å². The number of anilines is 1.